The molecule has 3 aromatic rings. The smallest absolute Gasteiger partial charge is 0.305 e. The van der Waals surface area contributed by atoms with Crippen molar-refractivity contribution in [2.75, 3.05) is 20.2 Å². The van der Waals surface area contributed by atoms with Gasteiger partial charge in [-0.05, 0) is 74.4 Å². The zero-order chi connectivity index (χ0) is 26.5. The topological polar surface area (TPSA) is 125 Å². The number of aromatic nitrogens is 1. The molecule has 2 aromatic heterocycles. The predicted octanol–water partition coefficient (Wildman–Crippen LogP) is 4.71. The Bertz CT molecular complexity index is 1310. The van der Waals surface area contributed by atoms with Gasteiger partial charge in [0.15, 0.2) is 0 Å². The molecule has 0 bridgehead atoms. The molecule has 1 atom stereocenters. The Balaban J connectivity index is 1.66. The summed E-state index contributed by atoms with van der Waals surface area (Å²) < 4.78 is 36.3. The Morgan fingerprint density at radius 3 is 2.62 bits per heavy atom. The van der Waals surface area contributed by atoms with E-state index in [2.05, 4.69) is 5.32 Å². The number of pyridine rings is 1. The third-order valence-electron chi connectivity index (χ3n) is 6.25. The van der Waals surface area contributed by atoms with Gasteiger partial charge in [-0.1, -0.05) is 11.6 Å². The van der Waals surface area contributed by atoms with E-state index in [9.17, 15) is 18.4 Å². The van der Waals surface area contributed by atoms with Gasteiger partial charge in [-0.25, -0.2) is 9.29 Å². The van der Waals surface area contributed by atoms with E-state index in [1.54, 1.807) is 38.2 Å². The molecule has 1 saturated carbocycles. The van der Waals surface area contributed by atoms with Crippen molar-refractivity contribution in [2.45, 2.75) is 51.5 Å². The lowest BCUT2D eigenvalue weighted by atomic mass is 10.0. The largest absolute Gasteiger partial charge is 0.760 e. The van der Waals surface area contributed by atoms with E-state index in [0.29, 0.717) is 52.4 Å². The van der Waals surface area contributed by atoms with E-state index < -0.39 is 11.3 Å². The summed E-state index contributed by atoms with van der Waals surface area (Å²) in [6.45, 7) is 2.39. The number of fused-ring (bicyclic) bond motifs is 1. The van der Waals surface area contributed by atoms with Crippen LogP contribution in [0.3, 0.4) is 0 Å². The number of halogens is 1. The molecule has 0 spiro atoms. The summed E-state index contributed by atoms with van der Waals surface area (Å²) in [7, 11) is 1.56. The number of amides is 1. The van der Waals surface area contributed by atoms with Crippen LogP contribution in [0.15, 0.2) is 34.7 Å². The van der Waals surface area contributed by atoms with Gasteiger partial charge in [0.05, 0.1) is 29.8 Å². The molecule has 1 aromatic carbocycles. The fourth-order valence-corrected chi connectivity index (χ4v) is 4.90. The van der Waals surface area contributed by atoms with Crippen LogP contribution < -0.4 is 5.32 Å². The molecule has 1 amide bonds. The minimum atomic E-state index is -2.48. The number of hydrogen-bond acceptors (Lipinski definition) is 7. The number of unbranched alkanes of at least 4 members (excludes halogenated alkanes) is 1. The number of ether oxygens (including phenoxy) is 1. The van der Waals surface area contributed by atoms with Gasteiger partial charge in [-0.15, -0.1) is 0 Å². The van der Waals surface area contributed by atoms with Crippen LogP contribution >= 0.6 is 11.6 Å². The maximum absolute atomic E-state index is 12.9. The number of furan rings is 1. The second-order valence-corrected chi connectivity index (χ2v) is 10.3. The molecule has 0 aliphatic heterocycles. The van der Waals surface area contributed by atoms with Crippen LogP contribution in [-0.4, -0.2) is 50.1 Å². The zero-order valence-corrected chi connectivity index (χ0v) is 22.3. The van der Waals surface area contributed by atoms with Gasteiger partial charge < -0.3 is 19.0 Å². The molecule has 1 unspecified atom stereocenters. The van der Waals surface area contributed by atoms with Crippen LogP contribution in [0.5, 0.6) is 0 Å². The number of nitrogens with zero attached hydrogens (tertiary/aromatic N) is 2. The van der Waals surface area contributed by atoms with Crippen molar-refractivity contribution in [3.05, 3.63) is 52.2 Å². The maximum atomic E-state index is 12.9. The number of carbonyl (C=O) groups excluding carboxylic acids is 2. The Hall–Kier alpha value is -2.79. The third-order valence-corrected chi connectivity index (χ3v) is 7.24. The molecule has 198 valence electrons. The molecular formula is C26H29ClN3O6S-. The Morgan fingerprint density at radius 2 is 2.00 bits per heavy atom. The van der Waals surface area contributed by atoms with Crippen molar-refractivity contribution in [1.82, 2.24) is 14.6 Å². The van der Waals surface area contributed by atoms with Crippen molar-refractivity contribution < 1.29 is 27.5 Å². The van der Waals surface area contributed by atoms with E-state index in [-0.39, 0.29) is 43.0 Å². The standard InChI is InChI=1S/C26H30ClN3O6S/c1-3-35-22(31)6-4-5-13-30(37(33)34)15-21-19(16-7-8-16)14-20-23(25(32)28-2)24(36-26(20)29-21)17-9-11-18(27)12-10-17/h9-12,14,16H,3-8,13,15H2,1-2H3,(H,28,32)(H,33,34)/p-1. The third kappa shape index (κ3) is 6.56. The van der Waals surface area contributed by atoms with Crippen molar-refractivity contribution in [1.29, 1.82) is 0 Å². The van der Waals surface area contributed by atoms with E-state index >= 15 is 0 Å². The van der Waals surface area contributed by atoms with Gasteiger partial charge in [-0.2, -0.15) is 0 Å². The SMILES string of the molecule is CCOC(=O)CCCCN(Cc1nc2oc(-c3ccc(Cl)cc3)c(C(=O)NC)c2cc1C1CC1)S(=O)[O-]. The molecule has 1 N–H and O–H groups in total. The number of esters is 1. The highest BCUT2D eigenvalue weighted by atomic mass is 35.5. The summed E-state index contributed by atoms with van der Waals surface area (Å²) in [5, 5.41) is 3.82. The molecule has 4 rings (SSSR count). The van der Waals surface area contributed by atoms with E-state index in [1.165, 1.54) is 4.31 Å². The van der Waals surface area contributed by atoms with E-state index in [0.717, 1.165) is 18.4 Å². The van der Waals surface area contributed by atoms with Gasteiger partial charge in [0.1, 0.15) is 5.76 Å². The Labute approximate surface area is 222 Å². The summed E-state index contributed by atoms with van der Waals surface area (Å²) in [5.41, 5.74) is 2.85. The Kier molecular flexibility index (Phi) is 8.96. The monoisotopic (exact) mass is 546 g/mol. The summed E-state index contributed by atoms with van der Waals surface area (Å²) in [5.74, 6) is 0.0373. The average molecular weight is 547 g/mol. The molecule has 2 heterocycles. The minimum absolute atomic E-state index is 0.0730. The quantitative estimate of drug-likeness (QED) is 0.198. The van der Waals surface area contributed by atoms with Crippen LogP contribution in [0.4, 0.5) is 0 Å². The van der Waals surface area contributed by atoms with Crippen LogP contribution in [0, 0.1) is 0 Å². The number of hydrogen-bond donors (Lipinski definition) is 1. The average Bonchev–Trinajstić information content (AvgIpc) is 3.66. The Morgan fingerprint density at radius 1 is 1.27 bits per heavy atom. The lowest BCUT2D eigenvalue weighted by molar-refractivity contribution is -0.143. The fraction of sp³-hybridized carbons (Fsp3) is 0.423. The van der Waals surface area contributed by atoms with Gasteiger partial charge in [0.2, 0.25) is 5.71 Å². The minimum Gasteiger partial charge on any atom is -0.760 e. The van der Waals surface area contributed by atoms with Gasteiger partial charge in [0, 0.05) is 41.9 Å². The second kappa shape index (κ2) is 12.2. The molecule has 9 nitrogen and oxygen atoms in total. The number of nitrogens with one attached hydrogen (secondary N) is 1. The number of rotatable bonds is 12. The first-order valence-electron chi connectivity index (χ1n) is 12.3. The highest BCUT2D eigenvalue weighted by Crippen LogP contribution is 2.44. The van der Waals surface area contributed by atoms with Crippen molar-refractivity contribution >= 4 is 45.8 Å². The highest BCUT2D eigenvalue weighted by molar-refractivity contribution is 7.76. The van der Waals surface area contributed by atoms with Crippen LogP contribution in [0.25, 0.3) is 22.4 Å². The summed E-state index contributed by atoms with van der Waals surface area (Å²) in [6, 6.07) is 8.89. The van der Waals surface area contributed by atoms with Crippen LogP contribution in [0.1, 0.15) is 66.6 Å². The molecule has 1 aliphatic rings. The maximum Gasteiger partial charge on any atom is 0.305 e. The van der Waals surface area contributed by atoms with Crippen molar-refractivity contribution in [3.63, 3.8) is 0 Å². The second-order valence-electron chi connectivity index (χ2n) is 8.89. The highest BCUT2D eigenvalue weighted by Gasteiger charge is 2.31. The molecule has 0 radical (unpaired) electrons. The summed E-state index contributed by atoms with van der Waals surface area (Å²) >= 11 is 3.56. The zero-order valence-electron chi connectivity index (χ0n) is 20.8. The first-order valence-corrected chi connectivity index (χ1v) is 13.7. The van der Waals surface area contributed by atoms with Gasteiger partial charge >= 0.3 is 5.97 Å². The lowest BCUT2D eigenvalue weighted by Gasteiger charge is -2.24. The number of carbonyl (C=O) groups is 2. The first kappa shape index (κ1) is 27.3. The predicted molar refractivity (Wildman–Crippen MR) is 140 cm³/mol. The van der Waals surface area contributed by atoms with E-state index in [4.69, 9.17) is 25.7 Å². The van der Waals surface area contributed by atoms with Crippen LogP contribution in [-0.2, 0) is 27.3 Å². The molecule has 1 aliphatic carbocycles. The normalized spacial score (nSPS) is 14.2. The first-order chi connectivity index (χ1) is 17.8. The van der Waals surface area contributed by atoms with Crippen molar-refractivity contribution in [2.24, 2.45) is 0 Å². The van der Waals surface area contributed by atoms with Crippen molar-refractivity contribution in [3.8, 4) is 11.3 Å². The van der Waals surface area contributed by atoms with Gasteiger partial charge in [-0.3, -0.25) is 13.8 Å². The molecular weight excluding hydrogens is 518 g/mol. The fourth-order valence-electron chi connectivity index (χ4n) is 4.27. The van der Waals surface area contributed by atoms with E-state index in [1.807, 2.05) is 6.07 Å². The van der Waals surface area contributed by atoms with Crippen LogP contribution in [0.2, 0.25) is 5.02 Å². The number of benzene rings is 1. The molecule has 11 heteroatoms. The summed E-state index contributed by atoms with van der Waals surface area (Å²) in [4.78, 5) is 29.2. The molecule has 37 heavy (non-hydrogen) atoms. The molecule has 1 fully saturated rings. The van der Waals surface area contributed by atoms with Gasteiger partial charge in [0.25, 0.3) is 5.91 Å². The lowest BCUT2D eigenvalue weighted by Crippen LogP contribution is -2.27. The molecule has 0 saturated heterocycles. The summed E-state index contributed by atoms with van der Waals surface area (Å²) in [6.07, 6.45) is 3.21.